The van der Waals surface area contributed by atoms with Crippen molar-refractivity contribution in [1.82, 2.24) is 19.9 Å². The topological polar surface area (TPSA) is 63.9 Å². The number of aromatic nitrogens is 4. The van der Waals surface area contributed by atoms with Crippen LogP contribution in [-0.4, -0.2) is 26.2 Å². The molecule has 8 aromatic rings. The maximum Gasteiger partial charge on any atom is 0.164 e. The van der Waals surface area contributed by atoms with Crippen molar-refractivity contribution in [3.05, 3.63) is 163 Å². The molecule has 5 nitrogen and oxygen atoms in total. The first kappa shape index (κ1) is 29.5. The van der Waals surface area contributed by atoms with Crippen LogP contribution in [0.5, 0.6) is 0 Å². The van der Waals surface area contributed by atoms with Gasteiger partial charge in [-0.3, -0.25) is 9.98 Å². The van der Waals surface area contributed by atoms with Gasteiger partial charge in [-0.15, -0.1) is 0 Å². The highest BCUT2D eigenvalue weighted by atomic mass is 15.0. The van der Waals surface area contributed by atoms with E-state index in [0.29, 0.717) is 17.5 Å². The number of benzene rings is 6. The van der Waals surface area contributed by atoms with Gasteiger partial charge in [0.25, 0.3) is 0 Å². The van der Waals surface area contributed by atoms with Gasteiger partial charge in [-0.1, -0.05) is 146 Å². The molecule has 2 aromatic heterocycles. The van der Waals surface area contributed by atoms with Crippen LogP contribution in [-0.2, 0) is 6.42 Å². The minimum absolute atomic E-state index is 0.621. The largest absolute Gasteiger partial charge is 0.260 e. The van der Waals surface area contributed by atoms with Crippen LogP contribution < -0.4 is 0 Å². The summed E-state index contributed by atoms with van der Waals surface area (Å²) >= 11 is 0. The number of fused-ring (bicyclic) bond motifs is 2. The van der Waals surface area contributed by atoms with Gasteiger partial charge in [0.1, 0.15) is 0 Å². The number of para-hydroxylation sites is 2. The molecule has 0 N–H and O–H groups in total. The molecule has 5 heteroatoms. The van der Waals surface area contributed by atoms with Crippen molar-refractivity contribution in [1.29, 1.82) is 0 Å². The Balaban J connectivity index is 1.11. The van der Waals surface area contributed by atoms with Crippen LogP contribution >= 0.6 is 0 Å². The van der Waals surface area contributed by atoms with Crippen LogP contribution in [0.1, 0.15) is 12.0 Å². The van der Waals surface area contributed by atoms with E-state index < -0.39 is 0 Å². The molecule has 236 valence electrons. The zero-order chi connectivity index (χ0) is 33.3. The third-order valence-corrected chi connectivity index (χ3v) is 9.31. The van der Waals surface area contributed by atoms with E-state index in [4.69, 9.17) is 19.9 Å². The first-order chi connectivity index (χ1) is 24.8. The van der Waals surface area contributed by atoms with Crippen LogP contribution in [0.15, 0.2) is 163 Å². The lowest BCUT2D eigenvalue weighted by Gasteiger charge is -2.14. The van der Waals surface area contributed by atoms with Gasteiger partial charge in [0.05, 0.1) is 11.2 Å². The zero-order valence-electron chi connectivity index (χ0n) is 27.2. The van der Waals surface area contributed by atoms with Crippen molar-refractivity contribution in [3.8, 4) is 67.5 Å². The Morgan fingerprint density at radius 2 is 0.920 bits per heavy atom. The average molecular weight is 642 g/mol. The highest BCUT2D eigenvalue weighted by Crippen LogP contribution is 2.37. The van der Waals surface area contributed by atoms with E-state index in [-0.39, 0.29) is 0 Å². The molecule has 0 radical (unpaired) electrons. The number of hydrogen-bond acceptors (Lipinski definition) is 5. The van der Waals surface area contributed by atoms with Crippen LogP contribution in [0, 0.1) is 0 Å². The number of aryl methyl sites for hydroxylation is 1. The zero-order valence-corrected chi connectivity index (χ0v) is 27.2. The fraction of sp³-hybridized carbons (Fsp3) is 0.0444. The number of hydrogen-bond donors (Lipinski definition) is 0. The van der Waals surface area contributed by atoms with Crippen molar-refractivity contribution in [3.63, 3.8) is 0 Å². The summed E-state index contributed by atoms with van der Waals surface area (Å²) in [7, 11) is 0. The molecule has 50 heavy (non-hydrogen) atoms. The van der Waals surface area contributed by atoms with Gasteiger partial charge in [0, 0.05) is 45.6 Å². The third-order valence-electron chi connectivity index (χ3n) is 9.31. The summed E-state index contributed by atoms with van der Waals surface area (Å²) in [5.41, 5.74) is 12.9. The van der Waals surface area contributed by atoms with E-state index in [2.05, 4.69) is 145 Å². The van der Waals surface area contributed by atoms with E-state index in [9.17, 15) is 0 Å². The first-order valence-corrected chi connectivity index (χ1v) is 16.9. The Bertz CT molecular complexity index is 2500. The molecule has 0 fully saturated rings. The molecule has 0 unspecified atom stereocenters. The van der Waals surface area contributed by atoms with Crippen molar-refractivity contribution in [2.45, 2.75) is 12.8 Å². The summed E-state index contributed by atoms with van der Waals surface area (Å²) in [6.45, 7) is 0. The molecule has 0 saturated carbocycles. The summed E-state index contributed by atoms with van der Waals surface area (Å²) in [6.07, 6.45) is 5.87. The quantitative estimate of drug-likeness (QED) is 0.181. The highest BCUT2D eigenvalue weighted by molar-refractivity contribution is 5.93. The standard InChI is InChI=1S/C45H31N5/c1-2-8-30(9-3-1)31-16-22-36(23-17-31)43-48-44(37-24-18-32(19-25-37)39-14-4-10-34-12-6-28-46-41(34)39)50-45(49-43)38-26-20-33(21-27-38)40-15-5-11-35-13-7-29-47-42(35)40/h1-6,8-12,14-29H,7,13H2. The summed E-state index contributed by atoms with van der Waals surface area (Å²) in [5, 5.41) is 1.12. The van der Waals surface area contributed by atoms with Crippen molar-refractivity contribution in [2.75, 3.05) is 0 Å². The maximum atomic E-state index is 5.03. The molecular weight excluding hydrogens is 611 g/mol. The lowest BCUT2D eigenvalue weighted by atomic mass is 9.96. The van der Waals surface area contributed by atoms with Gasteiger partial charge in [-0.25, -0.2) is 15.0 Å². The summed E-state index contributed by atoms with van der Waals surface area (Å²) < 4.78 is 0. The van der Waals surface area contributed by atoms with E-state index in [1.807, 2.05) is 24.5 Å². The smallest absolute Gasteiger partial charge is 0.164 e. The number of pyridine rings is 1. The molecule has 6 aromatic carbocycles. The Morgan fingerprint density at radius 1 is 0.400 bits per heavy atom. The molecule has 1 aliphatic heterocycles. The van der Waals surface area contributed by atoms with Crippen LogP contribution in [0.25, 0.3) is 78.4 Å². The van der Waals surface area contributed by atoms with Crippen molar-refractivity contribution < 1.29 is 0 Å². The lowest BCUT2D eigenvalue weighted by Crippen LogP contribution is -2.00. The highest BCUT2D eigenvalue weighted by Gasteiger charge is 2.16. The fourth-order valence-corrected chi connectivity index (χ4v) is 6.69. The Kier molecular flexibility index (Phi) is 7.56. The van der Waals surface area contributed by atoms with Crippen LogP contribution in [0.4, 0.5) is 5.69 Å². The van der Waals surface area contributed by atoms with Gasteiger partial charge in [0.2, 0.25) is 0 Å². The predicted molar refractivity (Wildman–Crippen MR) is 204 cm³/mol. The third kappa shape index (κ3) is 5.65. The molecule has 0 atom stereocenters. The SMILES string of the molecule is C1=Nc2c(cccc2-c2ccc(-c3nc(-c4ccc(-c5ccccc5)cc4)nc(-c4ccc(-c5cccc6cccnc56)cc4)n3)cc2)CC1. The first-order valence-electron chi connectivity index (χ1n) is 16.9. The second kappa shape index (κ2) is 12.8. The van der Waals surface area contributed by atoms with Crippen molar-refractivity contribution >= 4 is 22.8 Å². The minimum atomic E-state index is 0.621. The van der Waals surface area contributed by atoms with Gasteiger partial charge in [-0.2, -0.15) is 0 Å². The van der Waals surface area contributed by atoms with Gasteiger partial charge < -0.3 is 0 Å². The maximum absolute atomic E-state index is 5.03. The molecule has 1 aliphatic rings. The van der Waals surface area contributed by atoms with Gasteiger partial charge >= 0.3 is 0 Å². The van der Waals surface area contributed by atoms with E-state index >= 15 is 0 Å². The minimum Gasteiger partial charge on any atom is -0.260 e. The number of rotatable bonds is 6. The normalized spacial score (nSPS) is 12.2. The predicted octanol–water partition coefficient (Wildman–Crippen LogP) is 11.1. The van der Waals surface area contributed by atoms with E-state index in [1.54, 1.807) is 0 Å². The molecule has 9 rings (SSSR count). The molecule has 0 amide bonds. The average Bonchev–Trinajstić information content (AvgIpc) is 3.21. The van der Waals surface area contributed by atoms with E-state index in [1.165, 1.54) is 11.1 Å². The fourth-order valence-electron chi connectivity index (χ4n) is 6.69. The monoisotopic (exact) mass is 641 g/mol. The van der Waals surface area contributed by atoms with Gasteiger partial charge in [0.15, 0.2) is 17.5 Å². The molecule has 3 heterocycles. The second-order valence-corrected chi connectivity index (χ2v) is 12.4. The Labute approximate surface area is 290 Å². The summed E-state index contributed by atoms with van der Waals surface area (Å²) in [5.74, 6) is 1.87. The molecule has 0 spiro atoms. The molecule has 0 saturated heterocycles. The molecule has 0 bridgehead atoms. The van der Waals surface area contributed by atoms with E-state index in [0.717, 1.165) is 73.9 Å². The van der Waals surface area contributed by atoms with Crippen molar-refractivity contribution in [2.24, 2.45) is 4.99 Å². The Morgan fingerprint density at radius 3 is 1.58 bits per heavy atom. The summed E-state index contributed by atoms with van der Waals surface area (Å²) in [6, 6.07) is 52.5. The van der Waals surface area contributed by atoms with Crippen LogP contribution in [0.2, 0.25) is 0 Å². The number of aliphatic imine (C=N–C) groups is 1. The lowest BCUT2D eigenvalue weighted by molar-refractivity contribution is 1.03. The molecular formula is C45H31N5. The van der Waals surface area contributed by atoms with Gasteiger partial charge in [-0.05, 0) is 46.7 Å². The summed E-state index contributed by atoms with van der Waals surface area (Å²) in [4.78, 5) is 24.5. The number of nitrogens with zero attached hydrogens (tertiary/aromatic N) is 5. The second-order valence-electron chi connectivity index (χ2n) is 12.4. The van der Waals surface area contributed by atoms with Crippen LogP contribution in [0.3, 0.4) is 0 Å². The Hall–Kier alpha value is -6.59. The molecule has 0 aliphatic carbocycles.